The molecule has 0 aromatic heterocycles. The molecule has 0 aliphatic carbocycles. The van der Waals surface area contributed by atoms with E-state index in [4.69, 9.17) is 0 Å². The van der Waals surface area contributed by atoms with Gasteiger partial charge in [0.15, 0.2) is 0 Å². The highest BCUT2D eigenvalue weighted by Crippen LogP contribution is 2.11. The van der Waals surface area contributed by atoms with Crippen LogP contribution in [-0.2, 0) is 0 Å². The van der Waals surface area contributed by atoms with Crippen molar-refractivity contribution in [3.05, 3.63) is 48.5 Å². The van der Waals surface area contributed by atoms with E-state index in [1.807, 2.05) is 27.7 Å². The second-order valence-electron chi connectivity index (χ2n) is 2.92. The van der Waals surface area contributed by atoms with Crippen molar-refractivity contribution < 1.29 is 0 Å². The van der Waals surface area contributed by atoms with Crippen LogP contribution in [0, 0.1) is 24.7 Å². The second-order valence-corrected chi connectivity index (χ2v) is 2.92. The third-order valence-corrected chi connectivity index (χ3v) is 1.66. The summed E-state index contributed by atoms with van der Waals surface area (Å²) in [5.41, 5.74) is 0. The molecular weight excluding hydrogens is 240 g/mol. The first-order valence-corrected chi connectivity index (χ1v) is 6.98. The quantitative estimate of drug-likeness (QED) is 0.501. The summed E-state index contributed by atoms with van der Waals surface area (Å²) in [6.45, 7) is 11.3. The first-order chi connectivity index (χ1) is 9.79. The lowest BCUT2D eigenvalue weighted by Gasteiger charge is -1.92. The van der Waals surface area contributed by atoms with Crippen molar-refractivity contribution in [1.29, 1.82) is 0 Å². The van der Waals surface area contributed by atoms with Gasteiger partial charge >= 0.3 is 0 Å². The zero-order valence-corrected chi connectivity index (χ0v) is 13.8. The third kappa shape index (κ3) is 13.9. The Bertz CT molecular complexity index is 404. The number of benzene rings is 2. The summed E-state index contributed by atoms with van der Waals surface area (Å²) in [5, 5.41) is 2.62. The van der Waals surface area contributed by atoms with Crippen molar-refractivity contribution in [2.24, 2.45) is 0 Å². The van der Waals surface area contributed by atoms with E-state index in [0.29, 0.717) is 0 Å². The van der Waals surface area contributed by atoms with Gasteiger partial charge in [0.1, 0.15) is 0 Å². The molecule has 0 nitrogen and oxygen atoms in total. The predicted octanol–water partition coefficient (Wildman–Crippen LogP) is 6.17. The van der Waals surface area contributed by atoms with Crippen LogP contribution >= 0.6 is 0 Å². The Balaban J connectivity index is -0.000000246. The van der Waals surface area contributed by atoms with E-state index in [1.54, 1.807) is 13.8 Å². The summed E-state index contributed by atoms with van der Waals surface area (Å²) >= 11 is 0. The van der Waals surface area contributed by atoms with Crippen LogP contribution in [0.3, 0.4) is 0 Å². The maximum atomic E-state index is 4.60. The Labute approximate surface area is 126 Å². The Morgan fingerprint density at radius 3 is 0.900 bits per heavy atom. The fraction of sp³-hybridized carbons (Fsp3) is 0.300. The molecule has 0 unspecified atom stereocenters. The lowest BCUT2D eigenvalue weighted by atomic mass is 10.1. The molecule has 0 heterocycles. The van der Waals surface area contributed by atoms with Crippen molar-refractivity contribution >= 4 is 10.8 Å². The van der Waals surface area contributed by atoms with Gasteiger partial charge in [-0.1, -0.05) is 76.2 Å². The van der Waals surface area contributed by atoms with Gasteiger partial charge in [0.2, 0.25) is 0 Å². The maximum absolute atomic E-state index is 4.60. The smallest absolute Gasteiger partial charge is 0.00297 e. The molecule has 0 atom stereocenters. The third-order valence-electron chi connectivity index (χ3n) is 1.66. The molecule has 0 radical (unpaired) electrons. The van der Waals surface area contributed by atoms with E-state index in [1.165, 1.54) is 10.8 Å². The minimum atomic E-state index is 1.31. The molecule has 0 heteroatoms. The Kier molecular flexibility index (Phi) is 25.3. The average Bonchev–Trinajstić information content (AvgIpc) is 2.53. The van der Waals surface area contributed by atoms with Crippen LogP contribution < -0.4 is 0 Å². The van der Waals surface area contributed by atoms with Crippen LogP contribution in [0.1, 0.15) is 41.5 Å². The van der Waals surface area contributed by atoms with E-state index in [-0.39, 0.29) is 0 Å². The summed E-state index contributed by atoms with van der Waals surface area (Å²) in [5.74, 6) is 4.50. The van der Waals surface area contributed by atoms with Gasteiger partial charge in [-0.05, 0) is 24.6 Å². The molecule has 0 saturated carbocycles. The molecule has 20 heavy (non-hydrogen) atoms. The molecule has 0 N–H and O–H groups in total. The van der Waals surface area contributed by atoms with E-state index in [9.17, 15) is 0 Å². The van der Waals surface area contributed by atoms with E-state index in [0.717, 1.165) is 0 Å². The summed E-state index contributed by atoms with van der Waals surface area (Å²) in [4.78, 5) is 0. The van der Waals surface area contributed by atoms with Gasteiger partial charge in [-0.2, -0.15) is 0 Å². The van der Waals surface area contributed by atoms with E-state index < -0.39 is 0 Å². The molecule has 2 aromatic rings. The van der Waals surface area contributed by atoms with Crippen molar-refractivity contribution in [2.75, 3.05) is 0 Å². The fourth-order valence-electron chi connectivity index (χ4n) is 1.13. The van der Waals surface area contributed by atoms with Gasteiger partial charge in [0, 0.05) is 0 Å². The maximum Gasteiger partial charge on any atom is -0.00297 e. The molecule has 0 fully saturated rings. The minimum Gasteiger partial charge on any atom is -0.120 e. The Morgan fingerprint density at radius 1 is 0.600 bits per heavy atom. The highest BCUT2D eigenvalue weighted by atomic mass is 13.9. The second kappa shape index (κ2) is 22.0. The normalized spacial score (nSPS) is 6.40. The van der Waals surface area contributed by atoms with E-state index >= 15 is 0 Å². The Hall–Kier alpha value is -2.18. The van der Waals surface area contributed by atoms with Crippen LogP contribution in [0.5, 0.6) is 0 Å². The standard InChI is InChI=1S/C10H8.2C3H4.2C2H6/c1-2-6-10-8-4-3-7-9(10)5-1;2*1-3-2;2*1-2/h1-8H;2*1H,2H3;2*1-2H3. The lowest BCUT2D eigenvalue weighted by molar-refractivity contribution is 1.50. The van der Waals surface area contributed by atoms with Gasteiger partial charge < -0.3 is 0 Å². The minimum absolute atomic E-state index is 1.31. The van der Waals surface area contributed by atoms with Crippen molar-refractivity contribution in [3.8, 4) is 24.7 Å². The SMILES string of the molecule is C#CC.C#CC.CC.CC.c1ccc2ccccc2c1. The van der Waals surface area contributed by atoms with Gasteiger partial charge in [-0.25, -0.2) is 0 Å². The van der Waals surface area contributed by atoms with Crippen LogP contribution in [0.25, 0.3) is 10.8 Å². The number of fused-ring (bicyclic) bond motifs is 1. The molecule has 0 spiro atoms. The summed E-state index contributed by atoms with van der Waals surface area (Å²) in [7, 11) is 0. The zero-order valence-electron chi connectivity index (χ0n) is 13.8. The summed E-state index contributed by atoms with van der Waals surface area (Å²) in [6, 6.07) is 16.7. The van der Waals surface area contributed by atoms with Gasteiger partial charge in [0.25, 0.3) is 0 Å². The van der Waals surface area contributed by atoms with E-state index in [2.05, 4.69) is 73.2 Å². The van der Waals surface area contributed by atoms with Gasteiger partial charge in [0.05, 0.1) is 0 Å². The molecule has 2 rings (SSSR count). The highest BCUT2D eigenvalue weighted by molar-refractivity contribution is 5.81. The molecule has 0 aliphatic heterocycles. The van der Waals surface area contributed by atoms with Crippen molar-refractivity contribution in [3.63, 3.8) is 0 Å². The number of rotatable bonds is 0. The molecule has 0 aliphatic rings. The molecular formula is C20H28. The van der Waals surface area contributed by atoms with Crippen molar-refractivity contribution in [2.45, 2.75) is 41.5 Å². The van der Waals surface area contributed by atoms with Gasteiger partial charge in [-0.3, -0.25) is 0 Å². The van der Waals surface area contributed by atoms with Crippen LogP contribution in [0.15, 0.2) is 48.5 Å². The highest BCUT2D eigenvalue weighted by Gasteiger charge is 1.85. The fourth-order valence-corrected chi connectivity index (χ4v) is 1.13. The van der Waals surface area contributed by atoms with Crippen LogP contribution in [0.4, 0.5) is 0 Å². The number of hydrogen-bond donors (Lipinski definition) is 0. The largest absolute Gasteiger partial charge is 0.120 e. The Morgan fingerprint density at radius 2 is 0.750 bits per heavy atom. The predicted molar refractivity (Wildman–Crippen MR) is 95.7 cm³/mol. The van der Waals surface area contributed by atoms with Gasteiger partial charge in [-0.15, -0.1) is 24.7 Å². The first-order valence-electron chi connectivity index (χ1n) is 6.98. The van der Waals surface area contributed by atoms with Crippen molar-refractivity contribution in [1.82, 2.24) is 0 Å². The van der Waals surface area contributed by atoms with Crippen LogP contribution in [0.2, 0.25) is 0 Å². The average molecular weight is 268 g/mol. The monoisotopic (exact) mass is 268 g/mol. The zero-order chi connectivity index (χ0) is 16.2. The molecule has 0 bridgehead atoms. The van der Waals surface area contributed by atoms with Crippen LogP contribution in [-0.4, -0.2) is 0 Å². The lowest BCUT2D eigenvalue weighted by Crippen LogP contribution is -1.67. The number of hydrogen-bond acceptors (Lipinski definition) is 0. The molecule has 108 valence electrons. The first kappa shape index (κ1) is 23.0. The summed E-state index contributed by atoms with van der Waals surface area (Å²) < 4.78 is 0. The summed E-state index contributed by atoms with van der Waals surface area (Å²) in [6.07, 6.45) is 9.19. The number of terminal acetylenes is 2. The molecule has 0 saturated heterocycles. The topological polar surface area (TPSA) is 0 Å². The molecule has 0 amide bonds. The molecule has 2 aromatic carbocycles.